The second-order valence-electron chi connectivity index (χ2n) is 8.48. The third-order valence-corrected chi connectivity index (χ3v) is 7.73. The molecule has 1 amide bonds. The molecule has 3 aromatic rings. The highest BCUT2D eigenvalue weighted by molar-refractivity contribution is 14.1. The van der Waals surface area contributed by atoms with Gasteiger partial charge in [0.05, 0.1) is 18.2 Å². The second kappa shape index (κ2) is 11.7. The minimum atomic E-state index is -0.329. The van der Waals surface area contributed by atoms with Crippen LogP contribution in [0.1, 0.15) is 42.5 Å². The maximum Gasteiger partial charge on any atom is 0.411 e. The number of benzene rings is 3. The van der Waals surface area contributed by atoms with Crippen LogP contribution in [0.4, 0.5) is 4.79 Å². The van der Waals surface area contributed by atoms with E-state index < -0.39 is 0 Å². The molecule has 4 nitrogen and oxygen atoms in total. The zero-order valence-corrected chi connectivity index (χ0v) is 21.0. The van der Waals surface area contributed by atoms with Gasteiger partial charge in [0.2, 0.25) is 0 Å². The number of hydrogen-bond acceptors (Lipinski definition) is 3. The number of carbonyl (C=O) groups is 1. The predicted molar refractivity (Wildman–Crippen MR) is 139 cm³/mol. The summed E-state index contributed by atoms with van der Waals surface area (Å²) in [5.74, 6) is 0. The standard InChI is InChI=1S/C28H30INO3/c1-21-25(29)17-18-26(33-21)27(24-15-9-4-10-16-24)30(19-22-11-5-2-6-12-22)28(31)32-20-23-13-7-3-8-14-23/h2-16,21,25-27H,17-20H2,1H3/t21?,25?,26-,27+/m0/s1. The van der Waals surface area contributed by atoms with Gasteiger partial charge in [0.25, 0.3) is 0 Å². The molecule has 5 heteroatoms. The van der Waals surface area contributed by atoms with Crippen molar-refractivity contribution in [2.45, 2.75) is 55.1 Å². The van der Waals surface area contributed by atoms with Crippen molar-refractivity contribution >= 4 is 28.7 Å². The molecule has 1 saturated heterocycles. The summed E-state index contributed by atoms with van der Waals surface area (Å²) in [5, 5.41) is 0. The maximum atomic E-state index is 13.6. The van der Waals surface area contributed by atoms with Crippen molar-refractivity contribution in [3.63, 3.8) is 0 Å². The average molecular weight is 555 g/mol. The summed E-state index contributed by atoms with van der Waals surface area (Å²) in [7, 11) is 0. The lowest BCUT2D eigenvalue weighted by atomic mass is 9.92. The molecule has 172 valence electrons. The molecule has 2 unspecified atom stereocenters. The van der Waals surface area contributed by atoms with Gasteiger partial charge in [-0.2, -0.15) is 0 Å². The van der Waals surface area contributed by atoms with Crippen LogP contribution in [0.2, 0.25) is 0 Å². The molecule has 1 aliphatic heterocycles. The van der Waals surface area contributed by atoms with Crippen LogP contribution in [0.15, 0.2) is 91.0 Å². The minimum absolute atomic E-state index is 0.0959. The number of alkyl halides is 1. The Hall–Kier alpha value is -2.38. The van der Waals surface area contributed by atoms with Crippen molar-refractivity contribution in [3.05, 3.63) is 108 Å². The first-order valence-electron chi connectivity index (χ1n) is 11.5. The lowest BCUT2D eigenvalue weighted by Gasteiger charge is -2.41. The molecule has 4 atom stereocenters. The van der Waals surface area contributed by atoms with E-state index in [2.05, 4.69) is 41.6 Å². The van der Waals surface area contributed by atoms with E-state index in [1.807, 2.05) is 83.8 Å². The Labute approximate surface area is 210 Å². The molecular formula is C28H30INO3. The van der Waals surface area contributed by atoms with Gasteiger partial charge >= 0.3 is 6.09 Å². The minimum Gasteiger partial charge on any atom is -0.445 e. The highest BCUT2D eigenvalue weighted by atomic mass is 127. The van der Waals surface area contributed by atoms with Gasteiger partial charge in [-0.05, 0) is 36.5 Å². The number of ether oxygens (including phenoxy) is 2. The Morgan fingerprint density at radius 1 is 0.939 bits per heavy atom. The predicted octanol–water partition coefficient (Wildman–Crippen LogP) is 6.94. The van der Waals surface area contributed by atoms with Crippen LogP contribution >= 0.6 is 22.6 Å². The summed E-state index contributed by atoms with van der Waals surface area (Å²) >= 11 is 2.47. The van der Waals surface area contributed by atoms with E-state index in [1.54, 1.807) is 0 Å². The first-order valence-corrected chi connectivity index (χ1v) is 12.7. The van der Waals surface area contributed by atoms with E-state index in [0.29, 0.717) is 10.5 Å². The van der Waals surface area contributed by atoms with Crippen LogP contribution in [0, 0.1) is 0 Å². The van der Waals surface area contributed by atoms with E-state index in [0.717, 1.165) is 29.5 Å². The summed E-state index contributed by atoms with van der Waals surface area (Å²) in [4.78, 5) is 15.4. The van der Waals surface area contributed by atoms with Crippen molar-refractivity contribution in [2.75, 3.05) is 0 Å². The Balaban J connectivity index is 1.65. The molecule has 1 aliphatic rings. The molecule has 0 bridgehead atoms. The summed E-state index contributed by atoms with van der Waals surface area (Å²) in [6.07, 6.45) is 1.67. The number of nitrogens with zero attached hydrogens (tertiary/aromatic N) is 1. The Kier molecular flexibility index (Phi) is 8.40. The Morgan fingerprint density at radius 3 is 2.12 bits per heavy atom. The normalized spacial score (nSPS) is 21.2. The zero-order chi connectivity index (χ0) is 23.0. The molecule has 3 aromatic carbocycles. The van der Waals surface area contributed by atoms with Gasteiger partial charge in [-0.3, -0.25) is 4.90 Å². The van der Waals surface area contributed by atoms with Gasteiger partial charge < -0.3 is 9.47 Å². The largest absolute Gasteiger partial charge is 0.445 e. The lowest BCUT2D eigenvalue weighted by Crippen LogP contribution is -2.45. The van der Waals surface area contributed by atoms with Crippen LogP contribution in [0.25, 0.3) is 0 Å². The smallest absolute Gasteiger partial charge is 0.411 e. The number of carbonyl (C=O) groups excluding carboxylic acids is 1. The highest BCUT2D eigenvalue weighted by Gasteiger charge is 2.38. The monoisotopic (exact) mass is 555 g/mol. The summed E-state index contributed by atoms with van der Waals surface area (Å²) in [6, 6.07) is 29.9. The first-order chi connectivity index (χ1) is 16.1. The Morgan fingerprint density at radius 2 is 1.52 bits per heavy atom. The summed E-state index contributed by atoms with van der Waals surface area (Å²) in [5.41, 5.74) is 3.09. The molecule has 0 saturated carbocycles. The van der Waals surface area contributed by atoms with Crippen LogP contribution in [0.5, 0.6) is 0 Å². The maximum absolute atomic E-state index is 13.6. The fraction of sp³-hybridized carbons (Fsp3) is 0.321. The summed E-state index contributed by atoms with van der Waals surface area (Å²) in [6.45, 7) is 2.82. The average Bonchev–Trinajstić information content (AvgIpc) is 2.86. The zero-order valence-electron chi connectivity index (χ0n) is 18.8. The van der Waals surface area contributed by atoms with Gasteiger partial charge in [-0.25, -0.2) is 4.79 Å². The molecule has 1 fully saturated rings. The topological polar surface area (TPSA) is 38.8 Å². The lowest BCUT2D eigenvalue weighted by molar-refractivity contribution is -0.0773. The first kappa shape index (κ1) is 23.8. The molecule has 0 spiro atoms. The quantitative estimate of drug-likeness (QED) is 0.234. The van der Waals surface area contributed by atoms with Gasteiger partial charge in [0.1, 0.15) is 6.61 Å². The fourth-order valence-corrected chi connectivity index (χ4v) is 4.85. The van der Waals surface area contributed by atoms with Crippen molar-refractivity contribution in [1.29, 1.82) is 0 Å². The number of halogens is 1. The van der Waals surface area contributed by atoms with Crippen molar-refractivity contribution in [1.82, 2.24) is 4.90 Å². The number of amides is 1. The third-order valence-electron chi connectivity index (χ3n) is 6.09. The Bertz CT molecular complexity index is 999. The molecular weight excluding hydrogens is 525 g/mol. The van der Waals surface area contributed by atoms with Gasteiger partial charge in [-0.1, -0.05) is 114 Å². The third kappa shape index (κ3) is 6.36. The van der Waals surface area contributed by atoms with Crippen LogP contribution in [0.3, 0.4) is 0 Å². The van der Waals surface area contributed by atoms with Crippen LogP contribution < -0.4 is 0 Å². The van der Waals surface area contributed by atoms with Gasteiger partial charge in [0, 0.05) is 10.5 Å². The molecule has 33 heavy (non-hydrogen) atoms. The van der Waals surface area contributed by atoms with E-state index in [-0.39, 0.29) is 30.9 Å². The molecule has 0 aliphatic carbocycles. The van der Waals surface area contributed by atoms with Crippen molar-refractivity contribution in [2.24, 2.45) is 0 Å². The fourth-order valence-electron chi connectivity index (χ4n) is 4.32. The van der Waals surface area contributed by atoms with Crippen molar-refractivity contribution in [3.8, 4) is 0 Å². The van der Waals surface area contributed by atoms with E-state index >= 15 is 0 Å². The van der Waals surface area contributed by atoms with Crippen LogP contribution in [-0.4, -0.2) is 27.1 Å². The summed E-state index contributed by atoms with van der Waals surface area (Å²) < 4.78 is 12.8. The van der Waals surface area contributed by atoms with E-state index in [4.69, 9.17) is 9.47 Å². The van der Waals surface area contributed by atoms with Crippen LogP contribution in [-0.2, 0) is 22.6 Å². The molecule has 0 aromatic heterocycles. The SMILES string of the molecule is CC1O[C@H]([C@@H](c2ccccc2)N(Cc2ccccc2)C(=O)OCc2ccccc2)CCC1I. The highest BCUT2D eigenvalue weighted by Crippen LogP contribution is 2.37. The second-order valence-corrected chi connectivity index (χ2v) is 10.1. The van der Waals surface area contributed by atoms with Gasteiger partial charge in [-0.15, -0.1) is 0 Å². The van der Waals surface area contributed by atoms with E-state index in [1.165, 1.54) is 0 Å². The van der Waals surface area contributed by atoms with E-state index in [9.17, 15) is 4.79 Å². The number of rotatable bonds is 7. The van der Waals surface area contributed by atoms with Crippen molar-refractivity contribution < 1.29 is 14.3 Å². The molecule has 4 rings (SSSR count). The molecule has 0 radical (unpaired) electrons. The molecule has 0 N–H and O–H groups in total. The van der Waals surface area contributed by atoms with Gasteiger partial charge in [0.15, 0.2) is 0 Å². The number of hydrogen-bond donors (Lipinski definition) is 0. The molecule has 1 heterocycles.